The summed E-state index contributed by atoms with van der Waals surface area (Å²) < 4.78 is 5.24. The van der Waals surface area contributed by atoms with E-state index in [2.05, 4.69) is 16.3 Å². The van der Waals surface area contributed by atoms with Gasteiger partial charge in [0.15, 0.2) is 0 Å². The Kier molecular flexibility index (Phi) is 4.76. The van der Waals surface area contributed by atoms with Gasteiger partial charge in [-0.2, -0.15) is 0 Å². The normalized spacial score (nSPS) is 19.5. The van der Waals surface area contributed by atoms with E-state index in [1.54, 1.807) is 13.2 Å². The molecule has 103 valence electrons. The Morgan fingerprint density at radius 1 is 1.68 bits per heavy atom. The molecule has 0 bridgehead atoms. The molecule has 19 heavy (non-hydrogen) atoms. The first-order valence-electron chi connectivity index (χ1n) is 6.49. The van der Waals surface area contributed by atoms with Gasteiger partial charge in [0.2, 0.25) is 0 Å². The van der Waals surface area contributed by atoms with Crippen molar-refractivity contribution in [1.29, 1.82) is 0 Å². The highest BCUT2D eigenvalue weighted by Gasteiger charge is 2.24. The molecule has 0 aliphatic carbocycles. The predicted octanol–water partition coefficient (Wildman–Crippen LogP) is 1.59. The van der Waals surface area contributed by atoms with E-state index in [1.165, 1.54) is 12.8 Å². The molecule has 1 radical (unpaired) electrons. The molecule has 0 spiro atoms. The summed E-state index contributed by atoms with van der Waals surface area (Å²) in [6.45, 7) is 2.66. The van der Waals surface area contributed by atoms with Gasteiger partial charge in [0.05, 0.1) is 6.61 Å². The molecule has 1 aromatic carbocycles. The molecule has 5 heteroatoms. The number of nitrogens with one attached hydrogen (secondary N) is 1. The number of carbonyl (C=O) groups excluding carboxylic acids is 1. The first-order valence-corrected chi connectivity index (χ1v) is 6.49. The topological polar surface area (TPSA) is 67.6 Å². The number of likely N-dealkylation sites (tertiary alicyclic amines) is 1. The summed E-state index contributed by atoms with van der Waals surface area (Å²) in [6.07, 6.45) is 2.38. The molecule has 1 aromatic rings. The quantitative estimate of drug-likeness (QED) is 0.846. The highest BCUT2D eigenvalue weighted by molar-refractivity contribution is 5.87. The fourth-order valence-corrected chi connectivity index (χ4v) is 2.53. The third-order valence-corrected chi connectivity index (χ3v) is 3.36. The van der Waals surface area contributed by atoms with Crippen LogP contribution in [0.25, 0.3) is 0 Å². The van der Waals surface area contributed by atoms with E-state index in [0.29, 0.717) is 11.7 Å². The molecule has 1 unspecified atom stereocenters. The molecule has 1 saturated heterocycles. The van der Waals surface area contributed by atoms with Gasteiger partial charge in [-0.05, 0) is 43.1 Å². The largest absolute Gasteiger partial charge is 0.383 e. The fraction of sp³-hybridized carbons (Fsp3) is 0.500. The van der Waals surface area contributed by atoms with Crippen LogP contribution in [0.1, 0.15) is 18.4 Å². The number of amides is 2. The van der Waals surface area contributed by atoms with E-state index < -0.39 is 6.03 Å². The van der Waals surface area contributed by atoms with Crippen molar-refractivity contribution in [3.8, 4) is 0 Å². The minimum atomic E-state index is -0.546. The van der Waals surface area contributed by atoms with Crippen molar-refractivity contribution in [2.75, 3.05) is 25.6 Å². The van der Waals surface area contributed by atoms with Gasteiger partial charge in [-0.1, -0.05) is 6.07 Å². The van der Waals surface area contributed by atoms with Gasteiger partial charge in [-0.15, -0.1) is 0 Å². The van der Waals surface area contributed by atoms with Crippen molar-refractivity contribution in [1.82, 2.24) is 4.90 Å². The number of urea groups is 1. The lowest BCUT2D eigenvalue weighted by atomic mass is 10.1. The van der Waals surface area contributed by atoms with Gasteiger partial charge < -0.3 is 15.8 Å². The second-order valence-corrected chi connectivity index (χ2v) is 4.81. The molecule has 2 amide bonds. The third kappa shape index (κ3) is 3.94. The number of nitrogens with two attached hydrogens (primary N) is 1. The number of ether oxygens (including phenoxy) is 1. The van der Waals surface area contributed by atoms with Gasteiger partial charge in [0, 0.05) is 25.4 Å². The van der Waals surface area contributed by atoms with E-state index in [1.807, 2.05) is 12.1 Å². The Bertz CT molecular complexity index is 436. The Hall–Kier alpha value is -1.59. The van der Waals surface area contributed by atoms with Crippen LogP contribution in [0.3, 0.4) is 0 Å². The summed E-state index contributed by atoms with van der Waals surface area (Å²) in [5.41, 5.74) is 6.87. The molecule has 1 fully saturated rings. The molecule has 1 atom stereocenters. The lowest BCUT2D eigenvalue weighted by molar-refractivity contribution is 0.112. The number of nitrogens with zero attached hydrogens (tertiary/aromatic N) is 1. The Balaban J connectivity index is 2.00. The van der Waals surface area contributed by atoms with Crippen molar-refractivity contribution in [3.05, 3.63) is 29.8 Å². The van der Waals surface area contributed by atoms with Crippen LogP contribution in [0.4, 0.5) is 10.5 Å². The van der Waals surface area contributed by atoms with Crippen LogP contribution in [0.2, 0.25) is 0 Å². The zero-order valence-corrected chi connectivity index (χ0v) is 11.2. The zero-order valence-electron chi connectivity index (χ0n) is 11.2. The van der Waals surface area contributed by atoms with Gasteiger partial charge in [0.25, 0.3) is 0 Å². The number of methoxy groups -OCH3 is 1. The van der Waals surface area contributed by atoms with Crippen molar-refractivity contribution in [2.24, 2.45) is 5.73 Å². The Morgan fingerprint density at radius 2 is 2.53 bits per heavy atom. The minimum Gasteiger partial charge on any atom is -0.383 e. The molecular formula is C14H20N3O2. The lowest BCUT2D eigenvalue weighted by Crippen LogP contribution is -2.32. The van der Waals surface area contributed by atoms with E-state index in [-0.39, 0.29) is 0 Å². The number of benzene rings is 1. The molecular weight excluding hydrogens is 242 g/mol. The van der Waals surface area contributed by atoms with Gasteiger partial charge >= 0.3 is 6.03 Å². The Labute approximate surface area is 113 Å². The summed E-state index contributed by atoms with van der Waals surface area (Å²) >= 11 is 0. The van der Waals surface area contributed by atoms with Crippen LogP contribution in [-0.2, 0) is 11.3 Å². The molecule has 5 nitrogen and oxygen atoms in total. The number of anilines is 1. The van der Waals surface area contributed by atoms with Crippen LogP contribution in [0.15, 0.2) is 18.2 Å². The third-order valence-electron chi connectivity index (χ3n) is 3.36. The lowest BCUT2D eigenvalue weighted by Gasteiger charge is -2.23. The average Bonchev–Trinajstić information content (AvgIpc) is 2.77. The number of carbonyl (C=O) groups is 1. The maximum atomic E-state index is 10.8. The van der Waals surface area contributed by atoms with Crippen LogP contribution in [-0.4, -0.2) is 37.2 Å². The number of hydrogen-bond acceptors (Lipinski definition) is 3. The van der Waals surface area contributed by atoms with E-state index in [9.17, 15) is 4.79 Å². The van der Waals surface area contributed by atoms with Crippen molar-refractivity contribution >= 4 is 11.7 Å². The summed E-state index contributed by atoms with van der Waals surface area (Å²) in [7, 11) is 1.74. The van der Waals surface area contributed by atoms with E-state index >= 15 is 0 Å². The molecule has 3 N–H and O–H groups in total. The first-order chi connectivity index (χ1) is 9.19. The Morgan fingerprint density at radius 3 is 3.26 bits per heavy atom. The van der Waals surface area contributed by atoms with Gasteiger partial charge in [-0.3, -0.25) is 4.90 Å². The van der Waals surface area contributed by atoms with Crippen LogP contribution in [0.5, 0.6) is 0 Å². The average molecular weight is 262 g/mol. The second-order valence-electron chi connectivity index (χ2n) is 4.81. The maximum absolute atomic E-state index is 10.8. The molecule has 0 aromatic heterocycles. The monoisotopic (exact) mass is 262 g/mol. The van der Waals surface area contributed by atoms with Crippen molar-refractivity contribution in [2.45, 2.75) is 25.4 Å². The molecule has 1 heterocycles. The van der Waals surface area contributed by atoms with Gasteiger partial charge in [0.1, 0.15) is 0 Å². The minimum absolute atomic E-state index is 0.478. The smallest absolute Gasteiger partial charge is 0.316 e. The van der Waals surface area contributed by atoms with Crippen LogP contribution >= 0.6 is 0 Å². The van der Waals surface area contributed by atoms with Gasteiger partial charge in [-0.25, -0.2) is 4.79 Å². The maximum Gasteiger partial charge on any atom is 0.316 e. The van der Waals surface area contributed by atoms with Crippen molar-refractivity contribution in [3.63, 3.8) is 0 Å². The van der Waals surface area contributed by atoms with Crippen molar-refractivity contribution < 1.29 is 9.53 Å². The number of primary amides is 1. The highest BCUT2D eigenvalue weighted by atomic mass is 16.5. The van der Waals surface area contributed by atoms with Crippen LogP contribution < -0.4 is 11.1 Å². The number of rotatable bonds is 5. The fourth-order valence-electron chi connectivity index (χ4n) is 2.53. The SMILES string of the molecule is COCC1CCCN1Cc1[c]ccc(NC(N)=O)c1. The standard InChI is InChI=1S/C14H20N3O2/c1-19-10-13-6-3-7-17(13)9-11-4-2-5-12(8-11)16-14(15)18/h2,5,8,13H,3,6-7,9-10H2,1H3,(H3,15,16,18). The first kappa shape index (κ1) is 13.8. The molecule has 2 rings (SSSR count). The second kappa shape index (κ2) is 6.54. The van der Waals surface area contributed by atoms with Crippen LogP contribution in [0, 0.1) is 6.07 Å². The van der Waals surface area contributed by atoms with E-state index in [0.717, 1.165) is 25.3 Å². The molecule has 1 aliphatic heterocycles. The summed E-state index contributed by atoms with van der Waals surface area (Å²) in [4.78, 5) is 13.2. The number of hydrogen-bond donors (Lipinski definition) is 2. The summed E-state index contributed by atoms with van der Waals surface area (Å²) in [6, 6.07) is 8.63. The zero-order chi connectivity index (χ0) is 13.7. The summed E-state index contributed by atoms with van der Waals surface area (Å²) in [5.74, 6) is 0. The molecule has 0 saturated carbocycles. The summed E-state index contributed by atoms with van der Waals surface area (Å²) in [5, 5.41) is 2.58. The predicted molar refractivity (Wildman–Crippen MR) is 73.8 cm³/mol. The highest BCUT2D eigenvalue weighted by Crippen LogP contribution is 2.21. The molecule has 1 aliphatic rings. The van der Waals surface area contributed by atoms with E-state index in [4.69, 9.17) is 10.5 Å².